The van der Waals surface area contributed by atoms with Gasteiger partial charge in [-0.05, 0) is 12.1 Å². The van der Waals surface area contributed by atoms with Gasteiger partial charge in [0.05, 0.1) is 0 Å². The first-order valence-corrected chi connectivity index (χ1v) is 4.11. The summed E-state index contributed by atoms with van der Waals surface area (Å²) in [5.74, 6) is -0.0387. The van der Waals surface area contributed by atoms with Crippen molar-refractivity contribution in [1.82, 2.24) is 4.98 Å². The van der Waals surface area contributed by atoms with Crippen LogP contribution in [0.25, 0.3) is 0 Å². The molecule has 1 rings (SSSR count). The molecule has 0 aliphatic rings. The van der Waals surface area contributed by atoms with Gasteiger partial charge in [0.15, 0.2) is 11.7 Å². The molecule has 1 aromatic heterocycles. The fraction of sp³-hybridized carbons (Fsp3) is 0. The van der Waals surface area contributed by atoms with Gasteiger partial charge < -0.3 is 11.5 Å². The first-order valence-electron chi connectivity index (χ1n) is 4.11. The molecule has 0 saturated heterocycles. The molecule has 0 radical (unpaired) electrons. The average Bonchev–Trinajstić information content (AvgIpc) is 2.30. The van der Waals surface area contributed by atoms with Crippen molar-refractivity contribution in [1.29, 1.82) is 10.5 Å². The fourth-order valence-electron chi connectivity index (χ4n) is 0.942. The molecule has 1 aromatic rings. The van der Waals surface area contributed by atoms with E-state index in [4.69, 9.17) is 22.0 Å². The zero-order chi connectivity index (χ0) is 12.0. The van der Waals surface area contributed by atoms with E-state index in [1.54, 1.807) is 30.6 Å². The molecule has 4 N–H and O–H groups in total. The highest BCUT2D eigenvalue weighted by Crippen LogP contribution is 1.99. The van der Waals surface area contributed by atoms with Crippen molar-refractivity contribution < 1.29 is 0 Å². The number of hydrogen-bond donors (Lipinski definition) is 2. The van der Waals surface area contributed by atoms with E-state index in [0.717, 1.165) is 0 Å². The Kier molecular flexibility index (Phi) is 3.54. The number of nitrogens with zero attached hydrogens (tertiary/aromatic N) is 5. The Morgan fingerprint density at radius 1 is 1.06 bits per heavy atom. The number of aliphatic imine (C=N–C) groups is 2. The highest BCUT2D eigenvalue weighted by molar-refractivity contribution is 6.00. The van der Waals surface area contributed by atoms with Crippen molar-refractivity contribution in [3.05, 3.63) is 29.6 Å². The monoisotopic (exact) mass is 213 g/mol. The van der Waals surface area contributed by atoms with E-state index in [0.29, 0.717) is 11.4 Å². The van der Waals surface area contributed by atoms with Crippen LogP contribution in [-0.2, 0) is 0 Å². The second-order valence-corrected chi connectivity index (χ2v) is 2.60. The molecule has 7 heteroatoms. The minimum absolute atomic E-state index is 0.0193. The molecule has 0 amide bonds. The number of rotatable bonds is 2. The lowest BCUT2D eigenvalue weighted by atomic mass is 10.2. The molecule has 0 bridgehead atoms. The third kappa shape index (κ3) is 2.53. The summed E-state index contributed by atoms with van der Waals surface area (Å²) < 4.78 is 0. The SMILES string of the molecule is N#CN=C(N)c1cccc(C(N)=NC#N)n1. The van der Waals surface area contributed by atoms with E-state index in [-0.39, 0.29) is 11.7 Å². The Bertz CT molecular complexity index is 484. The third-order valence-corrected chi connectivity index (χ3v) is 1.61. The van der Waals surface area contributed by atoms with Crippen molar-refractivity contribution in [2.24, 2.45) is 21.5 Å². The van der Waals surface area contributed by atoms with Crippen LogP contribution in [0, 0.1) is 22.9 Å². The van der Waals surface area contributed by atoms with Crippen LogP contribution < -0.4 is 11.5 Å². The van der Waals surface area contributed by atoms with Crippen molar-refractivity contribution in [2.75, 3.05) is 0 Å². The van der Waals surface area contributed by atoms with Gasteiger partial charge in [-0.1, -0.05) is 6.07 Å². The fourth-order valence-corrected chi connectivity index (χ4v) is 0.942. The normalized spacial score (nSPS) is 11.6. The maximum atomic E-state index is 8.32. The van der Waals surface area contributed by atoms with Gasteiger partial charge in [-0.3, -0.25) is 0 Å². The molecule has 0 spiro atoms. The number of pyridine rings is 1. The van der Waals surface area contributed by atoms with E-state index in [1.807, 2.05) is 0 Å². The van der Waals surface area contributed by atoms with Crippen molar-refractivity contribution in [3.63, 3.8) is 0 Å². The minimum Gasteiger partial charge on any atom is -0.381 e. The molecular formula is C9H7N7. The van der Waals surface area contributed by atoms with Gasteiger partial charge in [0.2, 0.25) is 12.4 Å². The molecule has 7 nitrogen and oxygen atoms in total. The molecule has 0 aliphatic heterocycles. The lowest BCUT2D eigenvalue weighted by Gasteiger charge is -2.01. The van der Waals surface area contributed by atoms with Crippen LogP contribution in [0.15, 0.2) is 28.2 Å². The summed E-state index contributed by atoms with van der Waals surface area (Å²) in [6.07, 6.45) is 3.10. The highest BCUT2D eigenvalue weighted by Gasteiger charge is 2.04. The molecule has 16 heavy (non-hydrogen) atoms. The Morgan fingerprint density at radius 2 is 1.50 bits per heavy atom. The van der Waals surface area contributed by atoms with Crippen molar-refractivity contribution in [2.45, 2.75) is 0 Å². The van der Waals surface area contributed by atoms with Gasteiger partial charge in [0.25, 0.3) is 0 Å². The summed E-state index contributed by atoms with van der Waals surface area (Å²) >= 11 is 0. The van der Waals surface area contributed by atoms with Crippen LogP contribution in [0.2, 0.25) is 0 Å². The smallest absolute Gasteiger partial charge is 0.207 e. The van der Waals surface area contributed by atoms with E-state index in [9.17, 15) is 0 Å². The Hall–Kier alpha value is -2.93. The minimum atomic E-state index is -0.0193. The molecular weight excluding hydrogens is 206 g/mol. The molecule has 1 heterocycles. The third-order valence-electron chi connectivity index (χ3n) is 1.61. The van der Waals surface area contributed by atoms with Gasteiger partial charge >= 0.3 is 0 Å². The van der Waals surface area contributed by atoms with Gasteiger partial charge in [-0.2, -0.15) is 20.5 Å². The van der Waals surface area contributed by atoms with Gasteiger partial charge in [-0.25, -0.2) is 4.98 Å². The van der Waals surface area contributed by atoms with E-state index in [2.05, 4.69) is 15.0 Å². The lowest BCUT2D eigenvalue weighted by molar-refractivity contribution is 1.23. The molecule has 0 atom stereocenters. The van der Waals surface area contributed by atoms with Crippen LogP contribution in [0.4, 0.5) is 0 Å². The van der Waals surface area contributed by atoms with Crippen LogP contribution >= 0.6 is 0 Å². The topological polar surface area (TPSA) is 137 Å². The zero-order valence-corrected chi connectivity index (χ0v) is 8.12. The number of amidine groups is 2. The van der Waals surface area contributed by atoms with Gasteiger partial charge in [0.1, 0.15) is 11.4 Å². The van der Waals surface area contributed by atoms with E-state index < -0.39 is 0 Å². The van der Waals surface area contributed by atoms with Crippen LogP contribution in [-0.4, -0.2) is 16.7 Å². The standard InChI is InChI=1S/C9H7N7/c10-4-14-8(12)6-2-1-3-7(16-6)9(13)15-5-11/h1-3H,(H2,12,14)(H2,13,15). The summed E-state index contributed by atoms with van der Waals surface area (Å²) in [4.78, 5) is 10.7. The molecule has 78 valence electrons. The second-order valence-electron chi connectivity index (χ2n) is 2.60. The number of hydrogen-bond acceptors (Lipinski definition) is 5. The predicted molar refractivity (Wildman–Crippen MR) is 56.9 cm³/mol. The summed E-state index contributed by atoms with van der Waals surface area (Å²) in [5.41, 5.74) is 11.5. The lowest BCUT2D eigenvalue weighted by Crippen LogP contribution is -2.19. The Morgan fingerprint density at radius 3 is 1.88 bits per heavy atom. The summed E-state index contributed by atoms with van der Waals surface area (Å²) in [6, 6.07) is 4.76. The maximum absolute atomic E-state index is 8.32. The number of aromatic nitrogens is 1. The van der Waals surface area contributed by atoms with Crippen LogP contribution in [0.1, 0.15) is 11.4 Å². The quantitative estimate of drug-likeness (QED) is 0.385. The zero-order valence-electron chi connectivity index (χ0n) is 8.12. The molecule has 0 unspecified atom stereocenters. The van der Waals surface area contributed by atoms with Gasteiger partial charge in [0, 0.05) is 0 Å². The predicted octanol–water partition coefficient (Wildman–Crippen LogP) is -0.546. The summed E-state index contributed by atoms with van der Waals surface area (Å²) in [7, 11) is 0. The Labute approximate surface area is 91.4 Å². The molecule has 0 aromatic carbocycles. The average molecular weight is 213 g/mol. The second kappa shape index (κ2) is 5.08. The molecule has 0 fully saturated rings. The van der Waals surface area contributed by atoms with Crippen LogP contribution in [0.5, 0.6) is 0 Å². The Balaban J connectivity index is 3.16. The largest absolute Gasteiger partial charge is 0.381 e. The number of nitrogens with two attached hydrogens (primary N) is 2. The summed E-state index contributed by atoms with van der Waals surface area (Å²) in [5, 5.41) is 16.6. The van der Waals surface area contributed by atoms with Gasteiger partial charge in [-0.15, -0.1) is 0 Å². The van der Waals surface area contributed by atoms with Crippen LogP contribution in [0.3, 0.4) is 0 Å². The van der Waals surface area contributed by atoms with E-state index in [1.165, 1.54) is 0 Å². The highest BCUT2D eigenvalue weighted by atomic mass is 14.9. The maximum Gasteiger partial charge on any atom is 0.207 e. The first-order chi connectivity index (χ1) is 7.69. The molecule has 0 aliphatic carbocycles. The summed E-state index contributed by atoms with van der Waals surface area (Å²) in [6.45, 7) is 0. The number of nitriles is 2. The first kappa shape index (κ1) is 11.1. The van der Waals surface area contributed by atoms with E-state index >= 15 is 0 Å². The van der Waals surface area contributed by atoms with Crippen molar-refractivity contribution >= 4 is 11.7 Å². The molecule has 0 saturated carbocycles. The van der Waals surface area contributed by atoms with Crippen molar-refractivity contribution in [3.8, 4) is 12.4 Å².